The lowest BCUT2D eigenvalue weighted by Crippen LogP contribution is -2.13. The maximum atomic E-state index is 12.5. The average molecular weight is 474 g/mol. The maximum absolute atomic E-state index is 12.5. The van der Waals surface area contributed by atoms with E-state index in [1.165, 1.54) is 0 Å². The number of rotatable bonds is 8. The molecule has 0 atom stereocenters. The van der Waals surface area contributed by atoms with E-state index in [-0.39, 0.29) is 5.91 Å². The van der Waals surface area contributed by atoms with E-state index >= 15 is 0 Å². The minimum atomic E-state index is -0.387. The summed E-state index contributed by atoms with van der Waals surface area (Å²) in [5.74, 6) is -0.387. The van der Waals surface area contributed by atoms with Crippen LogP contribution in [0.3, 0.4) is 0 Å². The second kappa shape index (κ2) is 9.64. The van der Waals surface area contributed by atoms with Crippen LogP contribution in [0.15, 0.2) is 53.0 Å². The number of primary amides is 1. The van der Waals surface area contributed by atoms with Gasteiger partial charge >= 0.3 is 0 Å². The first-order valence-electron chi connectivity index (χ1n) is 9.94. The van der Waals surface area contributed by atoms with E-state index in [9.17, 15) is 4.79 Å². The normalized spacial score (nSPS) is 11.0. The molecule has 2 N–H and O–H groups in total. The van der Waals surface area contributed by atoms with E-state index in [2.05, 4.69) is 33.5 Å². The molecule has 2 aromatic carbocycles. The third-order valence-electron chi connectivity index (χ3n) is 5.26. The van der Waals surface area contributed by atoms with E-state index in [4.69, 9.17) is 17.3 Å². The molecule has 3 aromatic rings. The van der Waals surface area contributed by atoms with Gasteiger partial charge in [-0.3, -0.25) is 4.79 Å². The van der Waals surface area contributed by atoms with Crippen LogP contribution < -0.4 is 5.73 Å². The summed E-state index contributed by atoms with van der Waals surface area (Å²) in [6.45, 7) is 4.84. The van der Waals surface area contributed by atoms with Crippen molar-refractivity contribution in [1.82, 2.24) is 4.57 Å². The molecule has 0 unspecified atom stereocenters. The van der Waals surface area contributed by atoms with Crippen molar-refractivity contribution < 1.29 is 4.79 Å². The third kappa shape index (κ3) is 4.93. The second-order valence-corrected chi connectivity index (χ2v) is 8.68. The predicted octanol–water partition coefficient (Wildman–Crippen LogP) is 6.76. The zero-order chi connectivity index (χ0) is 21.0. The van der Waals surface area contributed by atoms with Crippen LogP contribution in [-0.2, 0) is 13.0 Å². The van der Waals surface area contributed by atoms with E-state index in [1.807, 2.05) is 49.4 Å². The van der Waals surface area contributed by atoms with Crippen molar-refractivity contribution in [3.63, 3.8) is 0 Å². The van der Waals surface area contributed by atoms with Gasteiger partial charge in [0.05, 0.1) is 5.56 Å². The molecule has 0 bridgehead atoms. The van der Waals surface area contributed by atoms with Gasteiger partial charge in [0.1, 0.15) is 0 Å². The van der Waals surface area contributed by atoms with Crippen LogP contribution in [0.1, 0.15) is 53.5 Å². The lowest BCUT2D eigenvalue weighted by atomic mass is 9.97. The molecule has 0 saturated carbocycles. The molecule has 0 aliphatic rings. The van der Waals surface area contributed by atoms with Crippen LogP contribution >= 0.6 is 27.5 Å². The topological polar surface area (TPSA) is 48.0 Å². The third-order valence-corrected chi connectivity index (χ3v) is 6.02. The molecule has 3 nitrogen and oxygen atoms in total. The van der Waals surface area contributed by atoms with Crippen molar-refractivity contribution >= 4 is 33.4 Å². The summed E-state index contributed by atoms with van der Waals surface area (Å²) in [5, 5.41) is 0.711. The quantitative estimate of drug-likeness (QED) is 0.361. The van der Waals surface area contributed by atoms with Crippen LogP contribution in [0.5, 0.6) is 0 Å². The van der Waals surface area contributed by atoms with Gasteiger partial charge in [-0.15, -0.1) is 0 Å². The molecule has 29 heavy (non-hydrogen) atoms. The fourth-order valence-corrected chi connectivity index (χ4v) is 4.34. The molecule has 1 amide bonds. The molecule has 0 radical (unpaired) electrons. The molecule has 0 fully saturated rings. The van der Waals surface area contributed by atoms with Gasteiger partial charge < -0.3 is 10.3 Å². The fourth-order valence-electron chi connectivity index (χ4n) is 3.86. The standard InChI is InChI=1S/C24H26BrClN2O/c1-3-4-5-9-21-23(18-10-12-19(25)13-11-18)22(24(27)29)16(2)28(21)15-17-7-6-8-20(26)14-17/h6-8,10-14H,3-5,9,15H2,1-2H3,(H2,27,29). The molecule has 0 spiro atoms. The highest BCUT2D eigenvalue weighted by molar-refractivity contribution is 9.10. The number of carbonyl (C=O) groups is 1. The molecule has 0 aliphatic carbocycles. The van der Waals surface area contributed by atoms with Gasteiger partial charge in [-0.05, 0) is 55.2 Å². The fraction of sp³-hybridized carbons (Fsp3) is 0.292. The van der Waals surface area contributed by atoms with E-state index in [0.29, 0.717) is 17.1 Å². The zero-order valence-electron chi connectivity index (χ0n) is 16.8. The summed E-state index contributed by atoms with van der Waals surface area (Å²) in [6.07, 6.45) is 4.25. The van der Waals surface area contributed by atoms with Gasteiger partial charge in [0.2, 0.25) is 0 Å². The summed E-state index contributed by atoms with van der Waals surface area (Å²) in [7, 11) is 0. The Morgan fingerprint density at radius 1 is 1.14 bits per heavy atom. The lowest BCUT2D eigenvalue weighted by Gasteiger charge is -2.14. The number of halogens is 2. The van der Waals surface area contributed by atoms with Gasteiger partial charge in [0.15, 0.2) is 0 Å². The molecule has 1 aromatic heterocycles. The highest BCUT2D eigenvalue weighted by Gasteiger charge is 2.24. The Hall–Kier alpha value is -2.04. The van der Waals surface area contributed by atoms with Gasteiger partial charge in [0, 0.05) is 33.0 Å². The average Bonchev–Trinajstić information content (AvgIpc) is 2.95. The first-order chi connectivity index (χ1) is 13.9. The Labute approximate surface area is 186 Å². The first-order valence-corrected chi connectivity index (χ1v) is 11.1. The SMILES string of the molecule is CCCCCc1c(-c2ccc(Br)cc2)c(C(N)=O)c(C)n1Cc1cccc(Cl)c1. The van der Waals surface area contributed by atoms with Gasteiger partial charge in [-0.25, -0.2) is 0 Å². The summed E-state index contributed by atoms with van der Waals surface area (Å²) in [4.78, 5) is 12.5. The van der Waals surface area contributed by atoms with Crippen molar-refractivity contribution in [3.05, 3.63) is 80.5 Å². The Morgan fingerprint density at radius 2 is 1.86 bits per heavy atom. The van der Waals surface area contributed by atoms with Crippen LogP contribution in [0.25, 0.3) is 11.1 Å². The van der Waals surface area contributed by atoms with Gasteiger partial charge in [0.25, 0.3) is 5.91 Å². The predicted molar refractivity (Wildman–Crippen MR) is 125 cm³/mol. The number of unbranched alkanes of at least 4 members (excludes halogenated alkanes) is 2. The number of amides is 1. The van der Waals surface area contributed by atoms with Crippen LogP contribution in [0.2, 0.25) is 5.02 Å². The molecular weight excluding hydrogens is 448 g/mol. The number of hydrogen-bond acceptors (Lipinski definition) is 1. The Kier molecular flexibility index (Phi) is 7.20. The molecule has 0 saturated heterocycles. The molecule has 5 heteroatoms. The van der Waals surface area contributed by atoms with Crippen molar-refractivity contribution in [2.24, 2.45) is 5.73 Å². The molecular formula is C24H26BrClN2O. The zero-order valence-corrected chi connectivity index (χ0v) is 19.2. The van der Waals surface area contributed by atoms with Crippen LogP contribution in [0.4, 0.5) is 0 Å². The van der Waals surface area contributed by atoms with Gasteiger partial charge in [-0.2, -0.15) is 0 Å². The largest absolute Gasteiger partial charge is 0.366 e. The monoisotopic (exact) mass is 472 g/mol. The number of aromatic nitrogens is 1. The lowest BCUT2D eigenvalue weighted by molar-refractivity contribution is 0.1000. The van der Waals surface area contributed by atoms with Crippen LogP contribution in [-0.4, -0.2) is 10.5 Å². The molecule has 152 valence electrons. The first kappa shape index (κ1) is 21.7. The molecule has 0 aliphatic heterocycles. The number of nitrogens with zero attached hydrogens (tertiary/aromatic N) is 1. The van der Waals surface area contributed by atoms with Crippen molar-refractivity contribution in [3.8, 4) is 11.1 Å². The summed E-state index contributed by atoms with van der Waals surface area (Å²) in [6, 6.07) is 15.9. The molecule has 1 heterocycles. The molecule has 3 rings (SSSR count). The van der Waals surface area contributed by atoms with Crippen molar-refractivity contribution in [1.29, 1.82) is 0 Å². The minimum Gasteiger partial charge on any atom is -0.366 e. The summed E-state index contributed by atoms with van der Waals surface area (Å²) < 4.78 is 3.24. The number of carbonyl (C=O) groups excluding carboxylic acids is 1. The Morgan fingerprint density at radius 3 is 2.48 bits per heavy atom. The Balaban J connectivity index is 2.18. The van der Waals surface area contributed by atoms with Gasteiger partial charge in [-0.1, -0.05) is 71.6 Å². The maximum Gasteiger partial charge on any atom is 0.251 e. The number of hydrogen-bond donors (Lipinski definition) is 1. The minimum absolute atomic E-state index is 0.387. The van der Waals surface area contributed by atoms with E-state index in [0.717, 1.165) is 58.2 Å². The number of nitrogens with two attached hydrogens (primary N) is 1. The summed E-state index contributed by atoms with van der Waals surface area (Å²) in [5.41, 5.74) is 11.6. The highest BCUT2D eigenvalue weighted by atomic mass is 79.9. The van der Waals surface area contributed by atoms with Crippen molar-refractivity contribution in [2.75, 3.05) is 0 Å². The Bertz CT molecular complexity index is 1010. The van der Waals surface area contributed by atoms with Crippen LogP contribution in [0, 0.1) is 6.92 Å². The van der Waals surface area contributed by atoms with E-state index < -0.39 is 0 Å². The summed E-state index contributed by atoms with van der Waals surface area (Å²) >= 11 is 9.70. The second-order valence-electron chi connectivity index (χ2n) is 7.33. The number of benzene rings is 2. The smallest absolute Gasteiger partial charge is 0.251 e. The highest BCUT2D eigenvalue weighted by Crippen LogP contribution is 2.35. The van der Waals surface area contributed by atoms with Crippen molar-refractivity contribution in [2.45, 2.75) is 46.1 Å². The van der Waals surface area contributed by atoms with E-state index in [1.54, 1.807) is 0 Å².